The topological polar surface area (TPSA) is 66.0 Å². The van der Waals surface area contributed by atoms with Crippen molar-refractivity contribution < 1.29 is 9.47 Å². The lowest BCUT2D eigenvalue weighted by atomic mass is 9.93. The molecule has 1 heterocycles. The van der Waals surface area contributed by atoms with Crippen molar-refractivity contribution in [2.24, 2.45) is 0 Å². The molecule has 0 bridgehead atoms. The quantitative estimate of drug-likeness (QED) is 0.774. The fourth-order valence-electron chi connectivity index (χ4n) is 1.70. The first kappa shape index (κ1) is 10.3. The van der Waals surface area contributed by atoms with Crippen LogP contribution in [-0.4, -0.2) is 6.79 Å². The van der Waals surface area contributed by atoms with Gasteiger partial charge in [0.05, 0.1) is 12.1 Å². The predicted octanol–water partition coefficient (Wildman–Crippen LogP) is 2.33. The van der Waals surface area contributed by atoms with E-state index in [1.807, 2.05) is 18.2 Å². The van der Waals surface area contributed by atoms with Gasteiger partial charge in [0, 0.05) is 18.8 Å². The molecule has 2 rings (SSSR count). The van der Waals surface area contributed by atoms with Crippen LogP contribution in [-0.2, 0) is 0 Å². The van der Waals surface area contributed by atoms with E-state index in [1.165, 1.54) is 0 Å². The Morgan fingerprint density at radius 1 is 1.12 bits per heavy atom. The minimum Gasteiger partial charge on any atom is -0.454 e. The third-order valence-electron chi connectivity index (χ3n) is 2.54. The summed E-state index contributed by atoms with van der Waals surface area (Å²) in [7, 11) is 0. The molecule has 4 nitrogen and oxygen atoms in total. The monoisotopic (exact) mass is 214 g/mol. The van der Waals surface area contributed by atoms with Crippen molar-refractivity contribution in [3.63, 3.8) is 0 Å². The normalized spacial score (nSPS) is 12.2. The molecule has 1 aromatic rings. The molecule has 0 N–H and O–H groups in total. The smallest absolute Gasteiger partial charge is 0.231 e. The van der Waals surface area contributed by atoms with E-state index in [4.69, 9.17) is 20.0 Å². The van der Waals surface area contributed by atoms with Crippen molar-refractivity contribution in [1.82, 2.24) is 0 Å². The Labute approximate surface area is 93.6 Å². The molecule has 0 radical (unpaired) electrons. The van der Waals surface area contributed by atoms with Gasteiger partial charge in [-0.15, -0.1) is 0 Å². The standard InChI is InChI=1S/C12H10N2O2/c13-5-3-9(4-6-14)10-1-2-11-12(7-10)16-8-15-11/h1-2,7,9H,3-4,8H2. The molecule has 0 unspecified atom stereocenters. The average Bonchev–Trinajstić information content (AvgIpc) is 2.75. The summed E-state index contributed by atoms with van der Waals surface area (Å²) in [6.07, 6.45) is 0.681. The Kier molecular flexibility index (Phi) is 2.93. The lowest BCUT2D eigenvalue weighted by molar-refractivity contribution is 0.174. The van der Waals surface area contributed by atoms with Gasteiger partial charge in [0.2, 0.25) is 6.79 Å². The summed E-state index contributed by atoms with van der Waals surface area (Å²) < 4.78 is 10.5. The van der Waals surface area contributed by atoms with Gasteiger partial charge < -0.3 is 9.47 Å². The molecule has 0 amide bonds. The maximum absolute atomic E-state index is 8.70. The molecule has 4 heteroatoms. The third-order valence-corrected chi connectivity index (χ3v) is 2.54. The lowest BCUT2D eigenvalue weighted by Gasteiger charge is -2.10. The van der Waals surface area contributed by atoms with E-state index in [0.717, 1.165) is 11.3 Å². The summed E-state index contributed by atoms with van der Waals surface area (Å²) in [5.41, 5.74) is 0.951. The van der Waals surface area contributed by atoms with Gasteiger partial charge in [-0.3, -0.25) is 0 Å². The Balaban J connectivity index is 2.25. The first-order valence-electron chi connectivity index (χ1n) is 4.98. The Morgan fingerprint density at radius 3 is 2.50 bits per heavy atom. The number of hydrogen-bond acceptors (Lipinski definition) is 4. The average molecular weight is 214 g/mol. The van der Waals surface area contributed by atoms with Gasteiger partial charge in [0.15, 0.2) is 11.5 Å². The molecule has 0 fully saturated rings. The summed E-state index contributed by atoms with van der Waals surface area (Å²) in [4.78, 5) is 0. The summed E-state index contributed by atoms with van der Waals surface area (Å²) in [6.45, 7) is 0.236. The van der Waals surface area contributed by atoms with E-state index in [9.17, 15) is 0 Å². The van der Waals surface area contributed by atoms with Crippen molar-refractivity contribution >= 4 is 0 Å². The zero-order valence-electron chi connectivity index (χ0n) is 8.64. The summed E-state index contributed by atoms with van der Waals surface area (Å²) in [5, 5.41) is 17.4. The largest absolute Gasteiger partial charge is 0.454 e. The molecule has 1 aliphatic heterocycles. The van der Waals surface area contributed by atoms with Crippen LogP contribution in [0.3, 0.4) is 0 Å². The predicted molar refractivity (Wildman–Crippen MR) is 55.8 cm³/mol. The van der Waals surface area contributed by atoms with E-state index in [0.29, 0.717) is 18.6 Å². The molecule has 0 atom stereocenters. The minimum absolute atomic E-state index is 0.0514. The molecule has 0 saturated carbocycles. The van der Waals surface area contributed by atoms with Crippen LogP contribution in [0.1, 0.15) is 24.3 Å². The second kappa shape index (κ2) is 4.55. The molecule has 1 aliphatic rings. The summed E-state index contributed by atoms with van der Waals surface area (Å²) in [5.74, 6) is 1.36. The minimum atomic E-state index is -0.0514. The Morgan fingerprint density at radius 2 is 1.81 bits per heavy atom. The van der Waals surface area contributed by atoms with Gasteiger partial charge in [0.25, 0.3) is 0 Å². The van der Waals surface area contributed by atoms with Crippen molar-refractivity contribution in [3.8, 4) is 23.6 Å². The first-order valence-corrected chi connectivity index (χ1v) is 4.98. The lowest BCUT2D eigenvalue weighted by Crippen LogP contribution is -1.96. The second-order valence-electron chi connectivity index (χ2n) is 3.53. The van der Waals surface area contributed by atoms with Crippen LogP contribution < -0.4 is 9.47 Å². The third kappa shape index (κ3) is 1.92. The van der Waals surface area contributed by atoms with Crippen LogP contribution >= 0.6 is 0 Å². The van der Waals surface area contributed by atoms with Crippen molar-refractivity contribution in [2.75, 3.05) is 6.79 Å². The van der Waals surface area contributed by atoms with Crippen molar-refractivity contribution in [3.05, 3.63) is 23.8 Å². The molecule has 0 aliphatic carbocycles. The number of nitriles is 2. The number of rotatable bonds is 3. The van der Waals surface area contributed by atoms with Crippen LogP contribution in [0, 0.1) is 22.7 Å². The van der Waals surface area contributed by atoms with Crippen LogP contribution in [0.15, 0.2) is 18.2 Å². The maximum atomic E-state index is 8.70. The molecule has 0 aromatic heterocycles. The summed E-state index contributed by atoms with van der Waals surface area (Å²) in [6, 6.07) is 9.74. The highest BCUT2D eigenvalue weighted by molar-refractivity contribution is 5.45. The fraction of sp³-hybridized carbons (Fsp3) is 0.333. The number of ether oxygens (including phenoxy) is 2. The second-order valence-corrected chi connectivity index (χ2v) is 3.53. The number of nitrogens with zero attached hydrogens (tertiary/aromatic N) is 2. The van der Waals surface area contributed by atoms with Crippen LogP contribution in [0.2, 0.25) is 0 Å². The van der Waals surface area contributed by atoms with Crippen molar-refractivity contribution in [1.29, 1.82) is 10.5 Å². The molecule has 80 valence electrons. The van der Waals surface area contributed by atoms with E-state index in [1.54, 1.807) is 0 Å². The highest BCUT2D eigenvalue weighted by Crippen LogP contribution is 2.35. The van der Waals surface area contributed by atoms with Gasteiger partial charge in [-0.1, -0.05) is 6.07 Å². The maximum Gasteiger partial charge on any atom is 0.231 e. The van der Waals surface area contributed by atoms with Crippen LogP contribution in [0.4, 0.5) is 0 Å². The van der Waals surface area contributed by atoms with E-state index in [-0.39, 0.29) is 12.7 Å². The van der Waals surface area contributed by atoms with E-state index in [2.05, 4.69) is 12.1 Å². The number of benzene rings is 1. The van der Waals surface area contributed by atoms with Crippen LogP contribution in [0.5, 0.6) is 11.5 Å². The van der Waals surface area contributed by atoms with E-state index >= 15 is 0 Å². The molecule has 16 heavy (non-hydrogen) atoms. The zero-order valence-corrected chi connectivity index (χ0v) is 8.64. The Hall–Kier alpha value is -2.20. The zero-order chi connectivity index (χ0) is 11.4. The van der Waals surface area contributed by atoms with Gasteiger partial charge >= 0.3 is 0 Å². The van der Waals surface area contributed by atoms with Gasteiger partial charge in [0.1, 0.15) is 0 Å². The first-order chi connectivity index (χ1) is 7.85. The molecule has 1 aromatic carbocycles. The van der Waals surface area contributed by atoms with Gasteiger partial charge in [-0.05, 0) is 17.7 Å². The highest BCUT2D eigenvalue weighted by Gasteiger charge is 2.17. The molecular formula is C12H10N2O2. The Bertz CT molecular complexity index is 455. The number of fused-ring (bicyclic) bond motifs is 1. The summed E-state index contributed by atoms with van der Waals surface area (Å²) >= 11 is 0. The molecule has 0 saturated heterocycles. The SMILES string of the molecule is N#CCC(CC#N)c1ccc2c(c1)OCO2. The fourth-order valence-corrected chi connectivity index (χ4v) is 1.70. The number of hydrogen-bond donors (Lipinski definition) is 0. The highest BCUT2D eigenvalue weighted by atomic mass is 16.7. The van der Waals surface area contributed by atoms with Crippen molar-refractivity contribution in [2.45, 2.75) is 18.8 Å². The van der Waals surface area contributed by atoms with Crippen LogP contribution in [0.25, 0.3) is 0 Å². The molecule has 0 spiro atoms. The van der Waals surface area contributed by atoms with E-state index < -0.39 is 0 Å². The molecular weight excluding hydrogens is 204 g/mol. The van der Waals surface area contributed by atoms with Gasteiger partial charge in [-0.25, -0.2) is 0 Å². The van der Waals surface area contributed by atoms with Gasteiger partial charge in [-0.2, -0.15) is 10.5 Å².